The molecule has 3 nitrogen and oxygen atoms in total. The zero-order valence-corrected chi connectivity index (χ0v) is 17.2. The normalized spacial score (nSPS) is 12.0. The second-order valence-electron chi connectivity index (χ2n) is 6.30. The van der Waals surface area contributed by atoms with Crippen molar-refractivity contribution >= 4 is 15.9 Å². The summed E-state index contributed by atoms with van der Waals surface area (Å²) in [6.07, 6.45) is 1.11. The van der Waals surface area contributed by atoms with E-state index in [2.05, 4.69) is 78.4 Å². The highest BCUT2D eigenvalue weighted by atomic mass is 79.9. The van der Waals surface area contributed by atoms with Crippen molar-refractivity contribution in [3.05, 3.63) is 57.6 Å². The van der Waals surface area contributed by atoms with Crippen LogP contribution in [-0.2, 0) is 13.2 Å². The third kappa shape index (κ3) is 6.05. The Hall–Kier alpha value is -1.52. The molecule has 1 N–H and O–H groups in total. The van der Waals surface area contributed by atoms with Gasteiger partial charge in [-0.2, -0.15) is 0 Å². The summed E-state index contributed by atoms with van der Waals surface area (Å²) in [4.78, 5) is 0. The van der Waals surface area contributed by atoms with E-state index < -0.39 is 0 Å². The molecule has 0 amide bonds. The molecule has 0 bridgehead atoms. The van der Waals surface area contributed by atoms with Gasteiger partial charge < -0.3 is 14.8 Å². The summed E-state index contributed by atoms with van der Waals surface area (Å²) in [7, 11) is 0. The smallest absolute Gasteiger partial charge is 0.175 e. The average molecular weight is 406 g/mol. The van der Waals surface area contributed by atoms with Crippen LogP contribution in [0.25, 0.3) is 0 Å². The van der Waals surface area contributed by atoms with E-state index in [0.717, 1.165) is 34.5 Å². The van der Waals surface area contributed by atoms with Crippen LogP contribution < -0.4 is 14.8 Å². The van der Waals surface area contributed by atoms with Gasteiger partial charge in [0.25, 0.3) is 0 Å². The van der Waals surface area contributed by atoms with E-state index in [4.69, 9.17) is 9.47 Å². The van der Waals surface area contributed by atoms with Crippen molar-refractivity contribution in [3.8, 4) is 11.5 Å². The molecule has 0 unspecified atom stereocenters. The van der Waals surface area contributed by atoms with Gasteiger partial charge in [0, 0.05) is 12.6 Å². The number of benzene rings is 2. The maximum absolute atomic E-state index is 6.06. The number of hydrogen-bond acceptors (Lipinski definition) is 3. The van der Waals surface area contributed by atoms with Crippen LogP contribution in [0.4, 0.5) is 0 Å². The summed E-state index contributed by atoms with van der Waals surface area (Å²) < 4.78 is 12.8. The van der Waals surface area contributed by atoms with Gasteiger partial charge in [-0.3, -0.25) is 0 Å². The van der Waals surface area contributed by atoms with Gasteiger partial charge >= 0.3 is 0 Å². The fourth-order valence-corrected chi connectivity index (χ4v) is 3.01. The first-order chi connectivity index (χ1) is 12.0. The lowest BCUT2D eigenvalue weighted by Gasteiger charge is -2.17. The van der Waals surface area contributed by atoms with E-state index >= 15 is 0 Å². The summed E-state index contributed by atoms with van der Waals surface area (Å²) in [6, 6.07) is 13.0. The molecule has 0 radical (unpaired) electrons. The van der Waals surface area contributed by atoms with Gasteiger partial charge in [-0.1, -0.05) is 36.8 Å². The first kappa shape index (κ1) is 19.8. The van der Waals surface area contributed by atoms with E-state index in [1.807, 2.05) is 6.92 Å². The number of ether oxygens (including phenoxy) is 2. The van der Waals surface area contributed by atoms with Gasteiger partial charge in [-0.05, 0) is 66.4 Å². The van der Waals surface area contributed by atoms with Gasteiger partial charge in [0.1, 0.15) is 6.61 Å². The Kier molecular flexibility index (Phi) is 7.79. The highest BCUT2D eigenvalue weighted by molar-refractivity contribution is 9.10. The lowest BCUT2D eigenvalue weighted by molar-refractivity contribution is 0.267. The summed E-state index contributed by atoms with van der Waals surface area (Å²) in [5.74, 6) is 1.54. The highest BCUT2D eigenvalue weighted by Crippen LogP contribution is 2.37. The molecule has 0 aliphatic rings. The maximum atomic E-state index is 6.06. The zero-order valence-electron chi connectivity index (χ0n) is 15.6. The number of rotatable bonds is 9. The molecular weight excluding hydrogens is 378 g/mol. The van der Waals surface area contributed by atoms with Gasteiger partial charge in [0.15, 0.2) is 11.5 Å². The second-order valence-corrected chi connectivity index (χ2v) is 7.16. The van der Waals surface area contributed by atoms with Crippen LogP contribution in [0, 0.1) is 6.92 Å². The predicted molar refractivity (Wildman–Crippen MR) is 107 cm³/mol. The number of aryl methyl sites for hydroxylation is 1. The van der Waals surface area contributed by atoms with E-state index in [1.165, 1.54) is 11.1 Å². The molecule has 4 heteroatoms. The van der Waals surface area contributed by atoms with Crippen molar-refractivity contribution in [2.24, 2.45) is 0 Å². The van der Waals surface area contributed by atoms with Crippen molar-refractivity contribution < 1.29 is 9.47 Å². The maximum Gasteiger partial charge on any atom is 0.175 e. The Morgan fingerprint density at radius 3 is 2.40 bits per heavy atom. The van der Waals surface area contributed by atoms with Crippen molar-refractivity contribution in [1.29, 1.82) is 0 Å². The SMILES string of the molecule is CCOc1cc(CN[C@@H](C)CC)cc(Br)c1OCc1ccc(C)cc1. The van der Waals surface area contributed by atoms with Crippen LogP contribution >= 0.6 is 15.9 Å². The molecule has 25 heavy (non-hydrogen) atoms. The molecule has 0 saturated carbocycles. The van der Waals surface area contributed by atoms with Crippen molar-refractivity contribution in [3.63, 3.8) is 0 Å². The molecule has 1 atom stereocenters. The third-order valence-corrected chi connectivity index (χ3v) is 4.73. The lowest BCUT2D eigenvalue weighted by Crippen LogP contribution is -2.24. The van der Waals surface area contributed by atoms with Crippen molar-refractivity contribution in [1.82, 2.24) is 5.32 Å². The fourth-order valence-electron chi connectivity index (χ4n) is 2.40. The van der Waals surface area contributed by atoms with Gasteiger partial charge in [0.2, 0.25) is 0 Å². The monoisotopic (exact) mass is 405 g/mol. The number of hydrogen-bond donors (Lipinski definition) is 1. The molecule has 0 spiro atoms. The summed E-state index contributed by atoms with van der Waals surface area (Å²) >= 11 is 3.64. The van der Waals surface area contributed by atoms with Crippen LogP contribution in [0.15, 0.2) is 40.9 Å². The molecule has 0 aliphatic heterocycles. The number of nitrogens with one attached hydrogen (secondary N) is 1. The topological polar surface area (TPSA) is 30.5 Å². The molecule has 2 rings (SSSR count). The predicted octanol–water partition coefficient (Wildman–Crippen LogP) is 5.62. The highest BCUT2D eigenvalue weighted by Gasteiger charge is 2.13. The molecule has 2 aromatic carbocycles. The van der Waals surface area contributed by atoms with E-state index in [1.54, 1.807) is 0 Å². The van der Waals surface area contributed by atoms with Crippen molar-refractivity contribution in [2.75, 3.05) is 6.61 Å². The first-order valence-electron chi connectivity index (χ1n) is 8.90. The first-order valence-corrected chi connectivity index (χ1v) is 9.69. The molecule has 0 saturated heterocycles. The second kappa shape index (κ2) is 9.83. The van der Waals surface area contributed by atoms with Gasteiger partial charge in [-0.25, -0.2) is 0 Å². The third-order valence-electron chi connectivity index (χ3n) is 4.14. The molecule has 0 heterocycles. The minimum Gasteiger partial charge on any atom is -0.490 e. The quantitative estimate of drug-likeness (QED) is 0.586. The van der Waals surface area contributed by atoms with Crippen LogP contribution in [-0.4, -0.2) is 12.6 Å². The molecule has 0 aliphatic carbocycles. The molecular formula is C21H28BrNO2. The zero-order chi connectivity index (χ0) is 18.2. The van der Waals surface area contributed by atoms with E-state index in [0.29, 0.717) is 19.3 Å². The van der Waals surface area contributed by atoms with E-state index in [9.17, 15) is 0 Å². The average Bonchev–Trinajstić information content (AvgIpc) is 2.60. The molecule has 2 aromatic rings. The Morgan fingerprint density at radius 1 is 1.04 bits per heavy atom. The Bertz CT molecular complexity index is 670. The minimum atomic E-state index is 0.492. The van der Waals surface area contributed by atoms with Gasteiger partial charge in [0.05, 0.1) is 11.1 Å². The molecule has 0 aromatic heterocycles. The standard InChI is InChI=1S/C21H28BrNO2/c1-5-16(4)23-13-18-11-19(22)21(20(12-18)24-6-2)25-14-17-9-7-15(3)8-10-17/h7-12,16,23H,5-6,13-14H2,1-4H3/t16-/m0/s1. The van der Waals surface area contributed by atoms with E-state index in [-0.39, 0.29) is 0 Å². The Labute approximate surface area is 159 Å². The Morgan fingerprint density at radius 2 is 1.76 bits per heavy atom. The molecule has 136 valence electrons. The molecule has 0 fully saturated rings. The minimum absolute atomic E-state index is 0.492. The summed E-state index contributed by atoms with van der Waals surface area (Å²) in [5.41, 5.74) is 3.57. The fraction of sp³-hybridized carbons (Fsp3) is 0.429. The largest absolute Gasteiger partial charge is 0.490 e. The van der Waals surface area contributed by atoms with Crippen LogP contribution in [0.1, 0.15) is 43.9 Å². The van der Waals surface area contributed by atoms with Crippen LogP contribution in [0.5, 0.6) is 11.5 Å². The van der Waals surface area contributed by atoms with Crippen LogP contribution in [0.3, 0.4) is 0 Å². The lowest BCUT2D eigenvalue weighted by atomic mass is 10.1. The summed E-state index contributed by atoms with van der Waals surface area (Å²) in [5, 5.41) is 3.51. The van der Waals surface area contributed by atoms with Crippen molar-refractivity contribution in [2.45, 2.75) is 53.3 Å². The summed E-state index contributed by atoms with van der Waals surface area (Å²) in [6.45, 7) is 10.4. The van der Waals surface area contributed by atoms with Crippen LogP contribution in [0.2, 0.25) is 0 Å². The van der Waals surface area contributed by atoms with Gasteiger partial charge in [-0.15, -0.1) is 0 Å². The Balaban J connectivity index is 2.13. The number of halogens is 1.